The molecule has 2 aliphatic rings. The maximum absolute atomic E-state index is 12.0. The van der Waals surface area contributed by atoms with Crippen LogP contribution < -0.4 is 5.73 Å². The first-order chi connectivity index (χ1) is 8.31. The summed E-state index contributed by atoms with van der Waals surface area (Å²) in [6.45, 7) is 2.81. The van der Waals surface area contributed by atoms with E-state index in [1.807, 2.05) is 12.1 Å². The first-order valence-corrected chi connectivity index (χ1v) is 6.40. The van der Waals surface area contributed by atoms with Gasteiger partial charge < -0.3 is 5.73 Å². The Morgan fingerprint density at radius 3 is 3.12 bits per heavy atom. The summed E-state index contributed by atoms with van der Waals surface area (Å²) < 4.78 is 0. The second-order valence-corrected chi connectivity index (χ2v) is 4.95. The third kappa shape index (κ3) is 1.70. The summed E-state index contributed by atoms with van der Waals surface area (Å²) in [6, 6.07) is 6.50. The number of hydrogen-bond donors (Lipinski definition) is 1. The molecule has 90 valence electrons. The Hall–Kier alpha value is -1.19. The number of nitrogens with two attached hydrogens (primary N) is 1. The molecule has 1 aliphatic carbocycles. The fourth-order valence-corrected chi connectivity index (χ4v) is 3.15. The summed E-state index contributed by atoms with van der Waals surface area (Å²) in [4.78, 5) is 14.4. The van der Waals surface area contributed by atoms with Gasteiger partial charge in [-0.2, -0.15) is 0 Å². The van der Waals surface area contributed by atoms with E-state index in [1.54, 1.807) is 0 Å². The zero-order valence-electron chi connectivity index (χ0n) is 9.98. The van der Waals surface area contributed by atoms with Crippen molar-refractivity contribution in [2.24, 2.45) is 5.73 Å². The van der Waals surface area contributed by atoms with Gasteiger partial charge >= 0.3 is 0 Å². The second-order valence-electron chi connectivity index (χ2n) is 4.95. The Morgan fingerprint density at radius 1 is 1.41 bits per heavy atom. The van der Waals surface area contributed by atoms with Crippen molar-refractivity contribution in [3.63, 3.8) is 0 Å². The van der Waals surface area contributed by atoms with Gasteiger partial charge in [0.25, 0.3) is 0 Å². The minimum atomic E-state index is 0.312. The highest BCUT2D eigenvalue weighted by Crippen LogP contribution is 2.40. The lowest BCUT2D eigenvalue weighted by molar-refractivity contribution is 0.0949. The van der Waals surface area contributed by atoms with Crippen LogP contribution in [0.1, 0.15) is 40.4 Å². The van der Waals surface area contributed by atoms with Crippen molar-refractivity contribution in [2.75, 3.05) is 19.6 Å². The van der Waals surface area contributed by atoms with E-state index in [0.29, 0.717) is 18.2 Å². The zero-order valence-corrected chi connectivity index (χ0v) is 9.98. The van der Waals surface area contributed by atoms with Crippen LogP contribution in [0.5, 0.6) is 0 Å². The normalized spacial score (nSPS) is 22.9. The smallest absolute Gasteiger partial charge is 0.165 e. The molecule has 2 N–H and O–H groups in total. The fraction of sp³-hybridized carbons (Fsp3) is 0.500. The van der Waals surface area contributed by atoms with E-state index < -0.39 is 0 Å². The van der Waals surface area contributed by atoms with Crippen molar-refractivity contribution in [3.05, 3.63) is 34.9 Å². The standard InChI is InChI=1S/C14H18N2O/c15-6-2-7-16-8-5-10-3-1-4-11-13(17)9-12(16)14(10)11/h1,3-4,12H,2,5-9,15H2. The maximum Gasteiger partial charge on any atom is 0.165 e. The van der Waals surface area contributed by atoms with Gasteiger partial charge in [-0.25, -0.2) is 0 Å². The van der Waals surface area contributed by atoms with Gasteiger partial charge in [0.1, 0.15) is 0 Å². The highest BCUT2D eigenvalue weighted by Gasteiger charge is 2.37. The van der Waals surface area contributed by atoms with Gasteiger partial charge in [0.2, 0.25) is 0 Å². The van der Waals surface area contributed by atoms with Crippen LogP contribution in [0, 0.1) is 0 Å². The molecule has 0 amide bonds. The lowest BCUT2D eigenvalue weighted by Gasteiger charge is -2.34. The molecule has 0 fully saturated rings. The average Bonchev–Trinajstić information content (AvgIpc) is 2.69. The predicted molar refractivity (Wildman–Crippen MR) is 67.1 cm³/mol. The molecule has 0 aromatic heterocycles. The summed E-state index contributed by atoms with van der Waals surface area (Å²) in [5.41, 5.74) is 9.22. The molecule has 0 spiro atoms. The van der Waals surface area contributed by atoms with Crippen molar-refractivity contribution in [1.82, 2.24) is 4.90 Å². The SMILES string of the molecule is NCCCN1CCc2cccc3c2C1CC3=O. The van der Waals surface area contributed by atoms with Crippen molar-refractivity contribution in [2.45, 2.75) is 25.3 Å². The summed E-state index contributed by atoms with van der Waals surface area (Å²) in [5.74, 6) is 0.312. The van der Waals surface area contributed by atoms with E-state index in [4.69, 9.17) is 5.73 Å². The molecule has 0 saturated carbocycles. The Kier molecular flexibility index (Phi) is 2.73. The third-order valence-electron chi connectivity index (χ3n) is 3.97. The molecule has 3 heteroatoms. The molecule has 17 heavy (non-hydrogen) atoms. The molecule has 0 bridgehead atoms. The molecule has 1 aliphatic heterocycles. The molecule has 1 aromatic carbocycles. The van der Waals surface area contributed by atoms with Crippen LogP contribution in [0.4, 0.5) is 0 Å². The van der Waals surface area contributed by atoms with E-state index in [0.717, 1.165) is 38.0 Å². The molecular formula is C14H18N2O. The molecule has 1 heterocycles. The Labute approximate surface area is 102 Å². The lowest BCUT2D eigenvalue weighted by atomic mass is 9.93. The van der Waals surface area contributed by atoms with Gasteiger partial charge in [-0.05, 0) is 37.1 Å². The van der Waals surface area contributed by atoms with Crippen LogP contribution in [0.25, 0.3) is 0 Å². The third-order valence-corrected chi connectivity index (χ3v) is 3.97. The maximum atomic E-state index is 12.0. The summed E-state index contributed by atoms with van der Waals surface area (Å²) >= 11 is 0. The van der Waals surface area contributed by atoms with E-state index in [2.05, 4.69) is 11.0 Å². The van der Waals surface area contributed by atoms with Crippen LogP contribution >= 0.6 is 0 Å². The van der Waals surface area contributed by atoms with Crippen LogP contribution in [0.2, 0.25) is 0 Å². The van der Waals surface area contributed by atoms with Gasteiger partial charge in [-0.3, -0.25) is 9.69 Å². The number of hydrogen-bond acceptors (Lipinski definition) is 3. The number of carbonyl (C=O) groups excluding carboxylic acids is 1. The summed E-state index contributed by atoms with van der Waals surface area (Å²) in [5, 5.41) is 0. The van der Waals surface area contributed by atoms with Gasteiger partial charge in [0.15, 0.2) is 5.78 Å². The predicted octanol–water partition coefficient (Wildman–Crippen LogP) is 1.52. The molecule has 1 aromatic rings. The average molecular weight is 230 g/mol. The molecule has 3 nitrogen and oxygen atoms in total. The molecule has 0 radical (unpaired) electrons. The van der Waals surface area contributed by atoms with Gasteiger partial charge in [-0.1, -0.05) is 18.2 Å². The van der Waals surface area contributed by atoms with Crippen LogP contribution in [0.3, 0.4) is 0 Å². The molecule has 0 saturated heterocycles. The highest BCUT2D eigenvalue weighted by molar-refractivity contribution is 6.01. The van der Waals surface area contributed by atoms with Gasteiger partial charge in [0.05, 0.1) is 0 Å². The number of nitrogens with zero attached hydrogens (tertiary/aromatic N) is 1. The first-order valence-electron chi connectivity index (χ1n) is 6.40. The first kappa shape index (κ1) is 10.9. The quantitative estimate of drug-likeness (QED) is 0.856. The summed E-state index contributed by atoms with van der Waals surface area (Å²) in [6.07, 6.45) is 2.75. The second kappa shape index (κ2) is 4.24. The fourth-order valence-electron chi connectivity index (χ4n) is 3.15. The van der Waals surface area contributed by atoms with Gasteiger partial charge in [0, 0.05) is 24.6 Å². The van der Waals surface area contributed by atoms with Crippen LogP contribution in [-0.2, 0) is 6.42 Å². The Balaban J connectivity index is 1.94. The number of ketones is 1. The van der Waals surface area contributed by atoms with Crippen molar-refractivity contribution >= 4 is 5.78 Å². The minimum Gasteiger partial charge on any atom is -0.330 e. The largest absolute Gasteiger partial charge is 0.330 e. The number of Topliss-reactive ketones (excluding diaryl/α,β-unsaturated/α-hetero) is 1. The van der Waals surface area contributed by atoms with Crippen LogP contribution in [0.15, 0.2) is 18.2 Å². The molecule has 1 atom stereocenters. The minimum absolute atomic E-state index is 0.312. The number of carbonyl (C=O) groups is 1. The Bertz CT molecular complexity index is 456. The molecular weight excluding hydrogens is 212 g/mol. The van der Waals surface area contributed by atoms with E-state index in [9.17, 15) is 4.79 Å². The zero-order chi connectivity index (χ0) is 11.8. The molecule has 3 rings (SSSR count). The van der Waals surface area contributed by atoms with Crippen molar-refractivity contribution in [1.29, 1.82) is 0 Å². The van der Waals surface area contributed by atoms with E-state index >= 15 is 0 Å². The number of benzene rings is 1. The van der Waals surface area contributed by atoms with Crippen molar-refractivity contribution in [3.8, 4) is 0 Å². The Morgan fingerprint density at radius 2 is 2.29 bits per heavy atom. The van der Waals surface area contributed by atoms with Crippen molar-refractivity contribution < 1.29 is 4.79 Å². The van der Waals surface area contributed by atoms with Crippen LogP contribution in [-0.4, -0.2) is 30.3 Å². The lowest BCUT2D eigenvalue weighted by Crippen LogP contribution is -2.35. The van der Waals surface area contributed by atoms with E-state index in [-0.39, 0.29) is 0 Å². The topological polar surface area (TPSA) is 46.3 Å². The van der Waals surface area contributed by atoms with E-state index in [1.165, 1.54) is 11.1 Å². The van der Waals surface area contributed by atoms with Gasteiger partial charge in [-0.15, -0.1) is 0 Å². The monoisotopic (exact) mass is 230 g/mol. The number of rotatable bonds is 3. The summed E-state index contributed by atoms with van der Waals surface area (Å²) in [7, 11) is 0. The highest BCUT2D eigenvalue weighted by atomic mass is 16.1. The molecule has 1 unspecified atom stereocenters.